The van der Waals surface area contributed by atoms with Gasteiger partial charge in [-0.05, 0) is 54.7 Å². The second-order valence-electron chi connectivity index (χ2n) is 8.48. The van der Waals surface area contributed by atoms with Crippen LogP contribution in [-0.4, -0.2) is 34.4 Å². The number of aromatic nitrogens is 1. The lowest BCUT2D eigenvalue weighted by Gasteiger charge is -2.36. The van der Waals surface area contributed by atoms with Gasteiger partial charge in [-0.25, -0.2) is 0 Å². The van der Waals surface area contributed by atoms with Crippen molar-refractivity contribution in [1.29, 1.82) is 0 Å². The standard InChI is InChI=1S/C26H30N4O2/c1-18-8-6-9-19(2)24(18)28-26(32)25(31)27-16-23(22-12-7-14-29(22)3)30-15-13-20-10-4-5-11-21(20)17-30/h4-12,14,23H,13,15-17H2,1-3H3,(H,27,31)(H,28,32). The van der Waals surface area contributed by atoms with Crippen LogP contribution in [0.4, 0.5) is 5.69 Å². The van der Waals surface area contributed by atoms with Gasteiger partial charge in [0.1, 0.15) is 0 Å². The molecule has 32 heavy (non-hydrogen) atoms. The zero-order valence-corrected chi connectivity index (χ0v) is 18.9. The Morgan fingerprint density at radius 1 is 0.938 bits per heavy atom. The molecule has 0 bridgehead atoms. The van der Waals surface area contributed by atoms with Crippen molar-refractivity contribution in [2.75, 3.05) is 18.4 Å². The van der Waals surface area contributed by atoms with Crippen molar-refractivity contribution in [3.8, 4) is 0 Å². The van der Waals surface area contributed by atoms with Crippen LogP contribution in [0, 0.1) is 13.8 Å². The number of hydrogen-bond donors (Lipinski definition) is 2. The number of nitrogens with zero attached hydrogens (tertiary/aromatic N) is 2. The Balaban J connectivity index is 1.47. The highest BCUT2D eigenvalue weighted by atomic mass is 16.2. The van der Waals surface area contributed by atoms with Gasteiger partial charge in [0.05, 0.1) is 6.04 Å². The lowest BCUT2D eigenvalue weighted by molar-refractivity contribution is -0.136. The zero-order chi connectivity index (χ0) is 22.7. The highest BCUT2D eigenvalue weighted by molar-refractivity contribution is 6.39. The first-order valence-electron chi connectivity index (χ1n) is 11.0. The average Bonchev–Trinajstić information content (AvgIpc) is 3.21. The Labute approximate surface area is 189 Å². The van der Waals surface area contributed by atoms with Gasteiger partial charge < -0.3 is 15.2 Å². The van der Waals surface area contributed by atoms with Crippen molar-refractivity contribution in [2.45, 2.75) is 32.9 Å². The molecule has 1 unspecified atom stereocenters. The van der Waals surface area contributed by atoms with Crippen molar-refractivity contribution >= 4 is 17.5 Å². The van der Waals surface area contributed by atoms with Crippen LogP contribution in [0.5, 0.6) is 0 Å². The summed E-state index contributed by atoms with van der Waals surface area (Å²) in [5.41, 5.74) is 6.36. The molecular formula is C26H30N4O2. The van der Waals surface area contributed by atoms with Crippen LogP contribution in [0.2, 0.25) is 0 Å². The molecule has 1 atom stereocenters. The molecule has 0 aliphatic carbocycles. The highest BCUT2D eigenvalue weighted by Crippen LogP contribution is 2.27. The van der Waals surface area contributed by atoms with Gasteiger partial charge in [-0.2, -0.15) is 0 Å². The smallest absolute Gasteiger partial charge is 0.313 e. The van der Waals surface area contributed by atoms with Crippen LogP contribution in [0.3, 0.4) is 0 Å². The Morgan fingerprint density at radius 2 is 1.66 bits per heavy atom. The molecule has 2 amide bonds. The number of para-hydroxylation sites is 1. The minimum absolute atomic E-state index is 0.0275. The van der Waals surface area contributed by atoms with E-state index >= 15 is 0 Å². The maximum Gasteiger partial charge on any atom is 0.313 e. The minimum atomic E-state index is -0.642. The van der Waals surface area contributed by atoms with Gasteiger partial charge in [-0.1, -0.05) is 42.5 Å². The average molecular weight is 431 g/mol. The molecule has 2 heterocycles. The Hall–Kier alpha value is -3.38. The first-order valence-corrected chi connectivity index (χ1v) is 11.0. The third kappa shape index (κ3) is 4.60. The summed E-state index contributed by atoms with van der Waals surface area (Å²) in [5, 5.41) is 5.64. The number of carbonyl (C=O) groups excluding carboxylic acids is 2. The van der Waals surface area contributed by atoms with Crippen LogP contribution < -0.4 is 10.6 Å². The second kappa shape index (κ2) is 9.40. The SMILES string of the molecule is Cc1cccc(C)c1NC(=O)C(=O)NCC(c1cccn1C)N1CCc2ccccc2C1. The third-order valence-corrected chi connectivity index (χ3v) is 6.31. The number of amides is 2. The van der Waals surface area contributed by atoms with E-state index in [2.05, 4.69) is 50.4 Å². The summed E-state index contributed by atoms with van der Waals surface area (Å²) in [6, 6.07) is 18.3. The monoisotopic (exact) mass is 430 g/mol. The fraction of sp³-hybridized carbons (Fsp3) is 0.308. The van der Waals surface area contributed by atoms with Crippen molar-refractivity contribution in [1.82, 2.24) is 14.8 Å². The van der Waals surface area contributed by atoms with E-state index < -0.39 is 11.8 Å². The summed E-state index contributed by atoms with van der Waals surface area (Å²) < 4.78 is 2.08. The van der Waals surface area contributed by atoms with Gasteiger partial charge in [0.15, 0.2) is 0 Å². The van der Waals surface area contributed by atoms with Gasteiger partial charge in [0.25, 0.3) is 0 Å². The number of hydrogen-bond acceptors (Lipinski definition) is 3. The molecule has 0 saturated carbocycles. The van der Waals surface area contributed by atoms with Crippen LogP contribution in [0.1, 0.15) is 34.0 Å². The molecule has 6 heteroatoms. The first-order chi connectivity index (χ1) is 15.4. The van der Waals surface area contributed by atoms with Crippen molar-refractivity contribution in [2.24, 2.45) is 7.05 Å². The molecule has 1 aromatic heterocycles. The molecule has 166 valence electrons. The number of rotatable bonds is 5. The van der Waals surface area contributed by atoms with Gasteiger partial charge in [0, 0.05) is 44.3 Å². The molecular weight excluding hydrogens is 400 g/mol. The lowest BCUT2D eigenvalue weighted by atomic mass is 9.98. The summed E-state index contributed by atoms with van der Waals surface area (Å²) >= 11 is 0. The molecule has 2 N–H and O–H groups in total. The van der Waals surface area contributed by atoms with Crippen LogP contribution >= 0.6 is 0 Å². The van der Waals surface area contributed by atoms with E-state index in [1.165, 1.54) is 11.1 Å². The molecule has 3 aromatic rings. The summed E-state index contributed by atoms with van der Waals surface area (Å²) in [7, 11) is 2.01. The quantitative estimate of drug-likeness (QED) is 0.609. The van der Waals surface area contributed by atoms with E-state index in [1.807, 2.05) is 51.4 Å². The van der Waals surface area contributed by atoms with E-state index in [1.54, 1.807) is 0 Å². The number of carbonyl (C=O) groups is 2. The topological polar surface area (TPSA) is 66.4 Å². The molecule has 0 radical (unpaired) electrons. The maximum atomic E-state index is 12.7. The van der Waals surface area contributed by atoms with Gasteiger partial charge in [-0.3, -0.25) is 14.5 Å². The predicted molar refractivity (Wildman–Crippen MR) is 126 cm³/mol. The van der Waals surface area contributed by atoms with Crippen LogP contribution in [0.25, 0.3) is 0 Å². The minimum Gasteiger partial charge on any atom is -0.353 e. The molecule has 0 saturated heterocycles. The molecule has 1 aliphatic heterocycles. The Morgan fingerprint density at radius 3 is 2.34 bits per heavy atom. The molecule has 6 nitrogen and oxygen atoms in total. The van der Waals surface area contributed by atoms with E-state index in [0.717, 1.165) is 36.3 Å². The molecule has 4 rings (SSSR count). The van der Waals surface area contributed by atoms with E-state index in [-0.39, 0.29) is 6.04 Å². The number of fused-ring (bicyclic) bond motifs is 1. The Kier molecular flexibility index (Phi) is 6.42. The Bertz CT molecular complexity index is 1110. The zero-order valence-electron chi connectivity index (χ0n) is 18.9. The summed E-state index contributed by atoms with van der Waals surface area (Å²) in [6.07, 6.45) is 2.98. The van der Waals surface area contributed by atoms with Crippen LogP contribution in [-0.2, 0) is 29.6 Å². The number of aryl methyl sites for hydroxylation is 3. The van der Waals surface area contributed by atoms with E-state index in [0.29, 0.717) is 12.2 Å². The maximum absolute atomic E-state index is 12.7. The molecule has 2 aromatic carbocycles. The first kappa shape index (κ1) is 21.8. The fourth-order valence-corrected chi connectivity index (χ4v) is 4.48. The number of benzene rings is 2. The largest absolute Gasteiger partial charge is 0.353 e. The normalized spacial score (nSPS) is 14.5. The molecule has 0 fully saturated rings. The summed E-state index contributed by atoms with van der Waals surface area (Å²) in [6.45, 7) is 5.91. The van der Waals surface area contributed by atoms with E-state index in [4.69, 9.17) is 0 Å². The third-order valence-electron chi connectivity index (χ3n) is 6.31. The molecule has 1 aliphatic rings. The highest BCUT2D eigenvalue weighted by Gasteiger charge is 2.27. The van der Waals surface area contributed by atoms with Gasteiger partial charge >= 0.3 is 11.8 Å². The fourth-order valence-electron chi connectivity index (χ4n) is 4.48. The lowest BCUT2D eigenvalue weighted by Crippen LogP contribution is -2.44. The van der Waals surface area contributed by atoms with Crippen molar-refractivity contribution in [3.63, 3.8) is 0 Å². The number of nitrogens with one attached hydrogen (secondary N) is 2. The number of anilines is 1. The second-order valence-corrected chi connectivity index (χ2v) is 8.48. The summed E-state index contributed by atoms with van der Waals surface area (Å²) in [5.74, 6) is -1.26. The van der Waals surface area contributed by atoms with Gasteiger partial charge in [0.2, 0.25) is 0 Å². The predicted octanol–water partition coefficient (Wildman–Crippen LogP) is 3.50. The summed E-state index contributed by atoms with van der Waals surface area (Å²) in [4.78, 5) is 27.6. The molecule has 0 spiro atoms. The van der Waals surface area contributed by atoms with Gasteiger partial charge in [-0.15, -0.1) is 0 Å². The van der Waals surface area contributed by atoms with Crippen molar-refractivity contribution < 1.29 is 9.59 Å². The van der Waals surface area contributed by atoms with E-state index in [9.17, 15) is 9.59 Å². The van der Waals surface area contributed by atoms with Crippen LogP contribution in [0.15, 0.2) is 60.8 Å². The van der Waals surface area contributed by atoms with Crippen molar-refractivity contribution in [3.05, 3.63) is 88.7 Å².